The molecule has 3 heterocycles. The number of aromatic nitrogens is 4. The quantitative estimate of drug-likeness (QED) is 0.563. The zero-order valence-electron chi connectivity index (χ0n) is 14.3. The van der Waals surface area contributed by atoms with Gasteiger partial charge in [0.25, 0.3) is 5.91 Å². The summed E-state index contributed by atoms with van der Waals surface area (Å²) in [6.07, 6.45) is 2.77. The van der Waals surface area contributed by atoms with Crippen LogP contribution in [0.1, 0.15) is 15.9 Å². The number of pyridine rings is 2. The first-order valence-electron chi connectivity index (χ1n) is 8.22. The normalized spacial score (nSPS) is 10.7. The van der Waals surface area contributed by atoms with E-state index in [-0.39, 0.29) is 5.91 Å². The van der Waals surface area contributed by atoms with E-state index < -0.39 is 5.95 Å². The highest BCUT2D eigenvalue weighted by Gasteiger charge is 2.12. The Balaban J connectivity index is 1.72. The molecule has 0 spiro atoms. The molecule has 0 aliphatic rings. The van der Waals surface area contributed by atoms with Gasteiger partial charge in [-0.3, -0.25) is 4.79 Å². The maximum Gasteiger partial charge on any atom is 0.256 e. The van der Waals surface area contributed by atoms with Gasteiger partial charge in [-0.25, -0.2) is 19.9 Å². The zero-order chi connectivity index (χ0) is 18.8. The molecule has 0 radical (unpaired) electrons. The summed E-state index contributed by atoms with van der Waals surface area (Å²) in [5.41, 5.74) is 3.85. The van der Waals surface area contributed by atoms with E-state index in [0.29, 0.717) is 33.7 Å². The van der Waals surface area contributed by atoms with Crippen molar-refractivity contribution in [3.05, 3.63) is 78.1 Å². The standard InChI is InChI=1S/C20H14FN5O/c1-12-2-4-13(5-3-12)20(27)26-19-18-16(23-11-24-19)8-7-15(25-18)14-6-9-17(21)22-10-14/h2-11H,1H3,(H,23,24,26,27). The van der Waals surface area contributed by atoms with Crippen LogP contribution in [0.15, 0.2) is 61.1 Å². The molecule has 1 aromatic carbocycles. The molecule has 0 unspecified atom stereocenters. The van der Waals surface area contributed by atoms with Crippen molar-refractivity contribution in [2.75, 3.05) is 5.32 Å². The number of hydrogen-bond donors (Lipinski definition) is 1. The summed E-state index contributed by atoms with van der Waals surface area (Å²) < 4.78 is 13.1. The van der Waals surface area contributed by atoms with Crippen LogP contribution >= 0.6 is 0 Å². The molecule has 1 amide bonds. The Morgan fingerprint density at radius 2 is 1.78 bits per heavy atom. The van der Waals surface area contributed by atoms with Gasteiger partial charge in [0, 0.05) is 17.3 Å². The van der Waals surface area contributed by atoms with Crippen LogP contribution in [-0.2, 0) is 0 Å². The van der Waals surface area contributed by atoms with E-state index in [1.54, 1.807) is 30.3 Å². The molecule has 0 saturated carbocycles. The fraction of sp³-hybridized carbons (Fsp3) is 0.0500. The number of hydrogen-bond acceptors (Lipinski definition) is 5. The van der Waals surface area contributed by atoms with Crippen LogP contribution in [0, 0.1) is 12.9 Å². The van der Waals surface area contributed by atoms with E-state index in [9.17, 15) is 9.18 Å². The van der Waals surface area contributed by atoms with Gasteiger partial charge in [0.15, 0.2) is 5.82 Å². The highest BCUT2D eigenvalue weighted by molar-refractivity contribution is 6.07. The number of amides is 1. The largest absolute Gasteiger partial charge is 0.305 e. The first-order chi connectivity index (χ1) is 13.1. The number of carbonyl (C=O) groups is 1. The van der Waals surface area contributed by atoms with Crippen LogP contribution in [0.3, 0.4) is 0 Å². The summed E-state index contributed by atoms with van der Waals surface area (Å²) in [6.45, 7) is 1.95. The van der Waals surface area contributed by atoms with Gasteiger partial charge >= 0.3 is 0 Å². The molecule has 0 aliphatic carbocycles. The van der Waals surface area contributed by atoms with Gasteiger partial charge < -0.3 is 5.32 Å². The number of anilines is 1. The third-order valence-corrected chi connectivity index (χ3v) is 4.05. The van der Waals surface area contributed by atoms with Gasteiger partial charge in [-0.1, -0.05) is 17.7 Å². The SMILES string of the molecule is Cc1ccc(C(=O)Nc2ncnc3ccc(-c4ccc(F)nc4)nc23)cc1. The van der Waals surface area contributed by atoms with E-state index in [0.717, 1.165) is 5.56 Å². The Kier molecular flexibility index (Phi) is 4.25. The molecule has 7 heteroatoms. The molecule has 4 rings (SSSR count). The summed E-state index contributed by atoms with van der Waals surface area (Å²) >= 11 is 0. The van der Waals surface area contributed by atoms with Gasteiger partial charge in [-0.15, -0.1) is 0 Å². The van der Waals surface area contributed by atoms with Crippen LogP contribution < -0.4 is 5.32 Å². The first kappa shape index (κ1) is 16.7. The highest BCUT2D eigenvalue weighted by atomic mass is 19.1. The maximum absolute atomic E-state index is 13.1. The van der Waals surface area contributed by atoms with Gasteiger partial charge in [0.2, 0.25) is 5.95 Å². The Hall–Kier alpha value is -3.74. The number of nitrogens with zero attached hydrogens (tertiary/aromatic N) is 4. The Morgan fingerprint density at radius 1 is 0.963 bits per heavy atom. The van der Waals surface area contributed by atoms with Crippen LogP contribution in [-0.4, -0.2) is 25.8 Å². The van der Waals surface area contributed by atoms with Crippen molar-refractivity contribution in [3.8, 4) is 11.3 Å². The number of fused-ring (bicyclic) bond motifs is 1. The molecule has 0 atom stereocenters. The van der Waals surface area contributed by atoms with E-state index in [4.69, 9.17) is 0 Å². The second-order valence-corrected chi connectivity index (χ2v) is 5.98. The van der Waals surface area contributed by atoms with Crippen molar-refractivity contribution in [3.63, 3.8) is 0 Å². The number of rotatable bonds is 3. The third kappa shape index (κ3) is 3.48. The first-order valence-corrected chi connectivity index (χ1v) is 8.22. The van der Waals surface area contributed by atoms with Crippen molar-refractivity contribution in [2.24, 2.45) is 0 Å². The van der Waals surface area contributed by atoms with Crippen molar-refractivity contribution in [1.29, 1.82) is 0 Å². The molecule has 0 bridgehead atoms. The van der Waals surface area contributed by atoms with Gasteiger partial charge in [0.05, 0.1) is 11.2 Å². The second kappa shape index (κ2) is 6.87. The Morgan fingerprint density at radius 3 is 2.52 bits per heavy atom. The lowest BCUT2D eigenvalue weighted by molar-refractivity contribution is 0.102. The monoisotopic (exact) mass is 359 g/mol. The topological polar surface area (TPSA) is 80.7 Å². The number of nitrogens with one attached hydrogen (secondary N) is 1. The molecule has 132 valence electrons. The third-order valence-electron chi connectivity index (χ3n) is 4.05. The fourth-order valence-electron chi connectivity index (χ4n) is 2.60. The lowest BCUT2D eigenvalue weighted by Crippen LogP contribution is -2.13. The summed E-state index contributed by atoms with van der Waals surface area (Å²) in [4.78, 5) is 29.0. The van der Waals surface area contributed by atoms with E-state index >= 15 is 0 Å². The van der Waals surface area contributed by atoms with Crippen molar-refractivity contribution < 1.29 is 9.18 Å². The van der Waals surface area contributed by atoms with Crippen molar-refractivity contribution >= 4 is 22.8 Å². The predicted molar refractivity (Wildman–Crippen MR) is 99.7 cm³/mol. The number of aryl methyl sites for hydroxylation is 1. The molecule has 3 aromatic heterocycles. The minimum Gasteiger partial charge on any atom is -0.305 e. The molecule has 6 nitrogen and oxygen atoms in total. The Labute approximate surface area is 154 Å². The second-order valence-electron chi connectivity index (χ2n) is 5.98. The van der Waals surface area contributed by atoms with Crippen LogP contribution in [0.25, 0.3) is 22.3 Å². The van der Waals surface area contributed by atoms with Crippen molar-refractivity contribution in [2.45, 2.75) is 6.92 Å². The molecule has 0 aliphatic heterocycles. The molecule has 4 aromatic rings. The Bertz CT molecular complexity index is 1130. The lowest BCUT2D eigenvalue weighted by Gasteiger charge is -2.08. The minimum atomic E-state index is -0.561. The van der Waals surface area contributed by atoms with E-state index in [1.807, 2.05) is 19.1 Å². The average molecular weight is 359 g/mol. The minimum absolute atomic E-state index is 0.286. The molecular weight excluding hydrogens is 345 g/mol. The predicted octanol–water partition coefficient (Wildman–Crippen LogP) is 3.79. The molecular formula is C20H14FN5O. The lowest BCUT2D eigenvalue weighted by atomic mass is 10.1. The van der Waals surface area contributed by atoms with Gasteiger partial charge in [-0.2, -0.15) is 4.39 Å². The van der Waals surface area contributed by atoms with Gasteiger partial charge in [-0.05, 0) is 43.3 Å². The van der Waals surface area contributed by atoms with Crippen LogP contribution in [0.4, 0.5) is 10.2 Å². The summed E-state index contributed by atoms with van der Waals surface area (Å²) in [5.74, 6) is -0.540. The average Bonchev–Trinajstić information content (AvgIpc) is 2.69. The smallest absolute Gasteiger partial charge is 0.256 e. The zero-order valence-corrected chi connectivity index (χ0v) is 14.3. The summed E-state index contributed by atoms with van der Waals surface area (Å²) in [7, 11) is 0. The van der Waals surface area contributed by atoms with Crippen LogP contribution in [0.2, 0.25) is 0 Å². The molecule has 0 fully saturated rings. The number of carbonyl (C=O) groups excluding carboxylic acids is 1. The summed E-state index contributed by atoms with van der Waals surface area (Å²) in [5, 5.41) is 2.78. The molecule has 1 N–H and O–H groups in total. The maximum atomic E-state index is 13.1. The molecule has 27 heavy (non-hydrogen) atoms. The number of halogens is 1. The van der Waals surface area contributed by atoms with Crippen molar-refractivity contribution in [1.82, 2.24) is 19.9 Å². The van der Waals surface area contributed by atoms with Crippen LogP contribution in [0.5, 0.6) is 0 Å². The van der Waals surface area contributed by atoms with Gasteiger partial charge in [0.1, 0.15) is 11.8 Å². The van der Waals surface area contributed by atoms with E-state index in [2.05, 4.69) is 25.3 Å². The fourth-order valence-corrected chi connectivity index (χ4v) is 2.60. The summed E-state index contributed by atoms with van der Waals surface area (Å²) in [6, 6.07) is 13.6. The highest BCUT2D eigenvalue weighted by Crippen LogP contribution is 2.23. The van der Waals surface area contributed by atoms with E-state index in [1.165, 1.54) is 18.6 Å². The number of benzene rings is 1. The molecule has 0 saturated heterocycles.